The molecular weight excluding hydrogens is 202 g/mol. The average molecular weight is 217 g/mol. The molecule has 2 rings (SSSR count). The number of hydrogen-bond acceptors (Lipinski definition) is 3. The van der Waals surface area contributed by atoms with Crippen molar-refractivity contribution >= 4 is 5.69 Å². The maximum absolute atomic E-state index is 9.39. The Kier molecular flexibility index (Phi) is 2.81. The van der Waals surface area contributed by atoms with E-state index < -0.39 is 0 Å². The summed E-state index contributed by atoms with van der Waals surface area (Å²) in [5.41, 5.74) is 2.90. The zero-order valence-electron chi connectivity index (χ0n) is 9.41. The van der Waals surface area contributed by atoms with Gasteiger partial charge in [-0.3, -0.25) is 0 Å². The van der Waals surface area contributed by atoms with Crippen molar-refractivity contribution in [3.63, 3.8) is 0 Å². The molecule has 0 aliphatic heterocycles. The number of phenols is 1. The molecule has 84 valence electrons. The highest BCUT2D eigenvalue weighted by Crippen LogP contribution is 2.20. The van der Waals surface area contributed by atoms with Crippen molar-refractivity contribution in [1.29, 1.82) is 0 Å². The number of aromatic nitrogens is 2. The number of hydrogen-bond donors (Lipinski definition) is 3. The topological polar surface area (TPSA) is 60.9 Å². The van der Waals surface area contributed by atoms with Gasteiger partial charge in [-0.15, -0.1) is 0 Å². The highest BCUT2D eigenvalue weighted by Gasteiger charge is 1.99. The lowest BCUT2D eigenvalue weighted by molar-refractivity contribution is 0.471. The van der Waals surface area contributed by atoms with Gasteiger partial charge < -0.3 is 15.4 Å². The zero-order chi connectivity index (χ0) is 11.5. The molecule has 16 heavy (non-hydrogen) atoms. The van der Waals surface area contributed by atoms with Crippen molar-refractivity contribution in [2.75, 3.05) is 5.32 Å². The number of nitrogens with one attached hydrogen (secondary N) is 2. The fourth-order valence-corrected chi connectivity index (χ4v) is 1.52. The van der Waals surface area contributed by atoms with Crippen molar-refractivity contribution in [2.45, 2.75) is 20.4 Å². The Balaban J connectivity index is 2.02. The zero-order valence-corrected chi connectivity index (χ0v) is 9.41. The predicted molar refractivity (Wildman–Crippen MR) is 63.5 cm³/mol. The Morgan fingerprint density at radius 1 is 1.38 bits per heavy atom. The van der Waals surface area contributed by atoms with Gasteiger partial charge in [0.05, 0.1) is 18.4 Å². The van der Waals surface area contributed by atoms with Crippen LogP contribution in [0.4, 0.5) is 5.69 Å². The summed E-state index contributed by atoms with van der Waals surface area (Å²) in [4.78, 5) is 7.27. The third-order valence-electron chi connectivity index (χ3n) is 2.44. The molecule has 1 heterocycles. The number of aryl methyl sites for hydroxylation is 2. The van der Waals surface area contributed by atoms with E-state index >= 15 is 0 Å². The second-order valence-corrected chi connectivity index (χ2v) is 3.85. The first-order valence-corrected chi connectivity index (χ1v) is 5.19. The Hall–Kier alpha value is -1.97. The van der Waals surface area contributed by atoms with Gasteiger partial charge in [-0.2, -0.15) is 0 Å². The Labute approximate surface area is 94.4 Å². The fraction of sp³-hybridized carbons (Fsp3) is 0.250. The number of nitrogens with zero attached hydrogens (tertiary/aromatic N) is 1. The summed E-state index contributed by atoms with van der Waals surface area (Å²) in [6.07, 6.45) is 1.82. The van der Waals surface area contributed by atoms with Crippen LogP contribution < -0.4 is 5.32 Å². The van der Waals surface area contributed by atoms with Gasteiger partial charge in [-0.1, -0.05) is 0 Å². The summed E-state index contributed by atoms with van der Waals surface area (Å²) in [5, 5.41) is 12.6. The molecule has 1 aromatic heterocycles. The average Bonchev–Trinajstić information content (AvgIpc) is 2.66. The summed E-state index contributed by atoms with van der Waals surface area (Å²) in [6, 6.07) is 5.46. The highest BCUT2D eigenvalue weighted by atomic mass is 16.3. The summed E-state index contributed by atoms with van der Waals surface area (Å²) in [6.45, 7) is 4.50. The normalized spacial score (nSPS) is 10.4. The molecular formula is C12H15N3O. The number of aromatic amines is 1. The molecule has 0 spiro atoms. The lowest BCUT2D eigenvalue weighted by Gasteiger charge is -2.06. The highest BCUT2D eigenvalue weighted by molar-refractivity contribution is 5.50. The minimum Gasteiger partial charge on any atom is -0.508 e. The van der Waals surface area contributed by atoms with E-state index in [0.29, 0.717) is 12.3 Å². The predicted octanol–water partition coefficient (Wildman–Crippen LogP) is 2.34. The Bertz CT molecular complexity index is 491. The molecule has 0 radical (unpaired) electrons. The Morgan fingerprint density at radius 2 is 2.19 bits per heavy atom. The first kappa shape index (κ1) is 10.5. The van der Waals surface area contributed by atoms with Crippen LogP contribution in [0, 0.1) is 13.8 Å². The fourth-order valence-electron chi connectivity index (χ4n) is 1.52. The molecule has 0 atom stereocenters. The summed E-state index contributed by atoms with van der Waals surface area (Å²) < 4.78 is 0. The minimum atomic E-state index is 0.322. The van der Waals surface area contributed by atoms with Crippen LogP contribution in [0.15, 0.2) is 24.4 Å². The number of aromatic hydroxyl groups is 1. The van der Waals surface area contributed by atoms with E-state index in [9.17, 15) is 5.11 Å². The van der Waals surface area contributed by atoms with Gasteiger partial charge >= 0.3 is 0 Å². The van der Waals surface area contributed by atoms with Gasteiger partial charge in [0.2, 0.25) is 0 Å². The van der Waals surface area contributed by atoms with Crippen LogP contribution >= 0.6 is 0 Å². The number of rotatable bonds is 3. The van der Waals surface area contributed by atoms with Crippen molar-refractivity contribution in [2.24, 2.45) is 0 Å². The second kappa shape index (κ2) is 4.26. The van der Waals surface area contributed by atoms with Gasteiger partial charge in [0.1, 0.15) is 11.6 Å². The molecule has 0 amide bonds. The molecule has 4 nitrogen and oxygen atoms in total. The van der Waals surface area contributed by atoms with Crippen molar-refractivity contribution in [1.82, 2.24) is 9.97 Å². The maximum Gasteiger partial charge on any atom is 0.118 e. The minimum absolute atomic E-state index is 0.322. The van der Waals surface area contributed by atoms with E-state index in [-0.39, 0.29) is 0 Å². The van der Waals surface area contributed by atoms with Crippen LogP contribution in [0.1, 0.15) is 17.1 Å². The van der Waals surface area contributed by atoms with Crippen LogP contribution in [-0.4, -0.2) is 15.1 Å². The summed E-state index contributed by atoms with van der Waals surface area (Å²) in [5.74, 6) is 1.24. The molecule has 0 unspecified atom stereocenters. The number of phenolic OH excluding ortho intramolecular Hbond substituents is 1. The van der Waals surface area contributed by atoms with Crippen LogP contribution in [0.3, 0.4) is 0 Å². The third kappa shape index (κ3) is 2.34. The molecule has 2 aromatic rings. The monoisotopic (exact) mass is 217 g/mol. The maximum atomic E-state index is 9.39. The quantitative estimate of drug-likeness (QED) is 0.691. The molecule has 1 aromatic carbocycles. The first-order valence-electron chi connectivity index (χ1n) is 5.19. The summed E-state index contributed by atoms with van der Waals surface area (Å²) >= 11 is 0. The van der Waals surface area contributed by atoms with Crippen LogP contribution in [0.2, 0.25) is 0 Å². The third-order valence-corrected chi connectivity index (χ3v) is 2.44. The number of benzene rings is 1. The number of H-pyrrole nitrogens is 1. The van der Waals surface area contributed by atoms with Crippen molar-refractivity contribution < 1.29 is 5.11 Å². The standard InChI is InChI=1S/C12H15N3O/c1-8-5-10(3-4-12(8)16)14-7-11-6-13-9(2)15-11/h3-6,14,16H,7H2,1-2H3,(H,13,15). The number of imidazole rings is 1. The molecule has 0 aliphatic carbocycles. The van der Waals surface area contributed by atoms with E-state index in [0.717, 1.165) is 22.8 Å². The van der Waals surface area contributed by atoms with E-state index in [2.05, 4.69) is 15.3 Å². The van der Waals surface area contributed by atoms with E-state index in [1.807, 2.05) is 32.2 Å². The van der Waals surface area contributed by atoms with E-state index in [1.165, 1.54) is 0 Å². The molecule has 3 N–H and O–H groups in total. The van der Waals surface area contributed by atoms with Gasteiger partial charge in [0.25, 0.3) is 0 Å². The van der Waals surface area contributed by atoms with Gasteiger partial charge in [-0.05, 0) is 37.6 Å². The molecule has 0 saturated heterocycles. The largest absolute Gasteiger partial charge is 0.508 e. The van der Waals surface area contributed by atoms with Gasteiger partial charge in [0.15, 0.2) is 0 Å². The second-order valence-electron chi connectivity index (χ2n) is 3.85. The molecule has 0 saturated carbocycles. The van der Waals surface area contributed by atoms with E-state index in [4.69, 9.17) is 0 Å². The van der Waals surface area contributed by atoms with E-state index in [1.54, 1.807) is 6.07 Å². The smallest absolute Gasteiger partial charge is 0.118 e. The van der Waals surface area contributed by atoms with Crippen LogP contribution in [0.25, 0.3) is 0 Å². The molecule has 0 aliphatic rings. The lowest BCUT2D eigenvalue weighted by atomic mass is 10.2. The summed E-state index contributed by atoms with van der Waals surface area (Å²) in [7, 11) is 0. The van der Waals surface area contributed by atoms with Gasteiger partial charge in [-0.25, -0.2) is 4.98 Å². The molecule has 4 heteroatoms. The lowest BCUT2D eigenvalue weighted by Crippen LogP contribution is -1.99. The van der Waals surface area contributed by atoms with Crippen molar-refractivity contribution in [3.05, 3.63) is 41.5 Å². The van der Waals surface area contributed by atoms with Gasteiger partial charge in [0, 0.05) is 5.69 Å². The first-order chi connectivity index (χ1) is 7.65. The molecule has 0 fully saturated rings. The molecule has 0 bridgehead atoms. The Morgan fingerprint density at radius 3 is 2.81 bits per heavy atom. The number of anilines is 1. The SMILES string of the molecule is Cc1ncc(CNc2ccc(O)c(C)c2)[nH]1. The van der Waals surface area contributed by atoms with Crippen LogP contribution in [-0.2, 0) is 6.54 Å². The van der Waals surface area contributed by atoms with Crippen LogP contribution in [0.5, 0.6) is 5.75 Å². The van der Waals surface area contributed by atoms with Crippen molar-refractivity contribution in [3.8, 4) is 5.75 Å².